The van der Waals surface area contributed by atoms with Crippen molar-refractivity contribution in [3.8, 4) is 0 Å². The summed E-state index contributed by atoms with van der Waals surface area (Å²) in [5.74, 6) is -1.42. The average Bonchev–Trinajstić information content (AvgIpc) is 2.13. The van der Waals surface area contributed by atoms with Crippen molar-refractivity contribution in [2.24, 2.45) is 0 Å². The zero-order valence-electron chi connectivity index (χ0n) is 7.91. The number of hydrogen-bond acceptors (Lipinski definition) is 3. The Balaban J connectivity index is 3.06. The number of halogens is 1. The van der Waals surface area contributed by atoms with Gasteiger partial charge in [-0.25, -0.2) is 4.79 Å². The maximum atomic E-state index is 13.0. The van der Waals surface area contributed by atoms with Crippen LogP contribution in [-0.2, 0) is 4.74 Å². The van der Waals surface area contributed by atoms with Crippen LogP contribution in [0.4, 0.5) is 4.39 Å². The number of nitrogens with zero attached hydrogens (tertiary/aromatic N) is 1. The summed E-state index contributed by atoms with van der Waals surface area (Å²) in [5.41, 5.74) is -0.150. The largest absolute Gasteiger partial charge is 0.618 e. The fourth-order valence-electron chi connectivity index (χ4n) is 0.933. The van der Waals surface area contributed by atoms with Gasteiger partial charge in [-0.3, -0.25) is 0 Å². The maximum absolute atomic E-state index is 13.0. The molecule has 0 amide bonds. The number of carbonyl (C=O) groups excluding carboxylic acids is 1. The van der Waals surface area contributed by atoms with E-state index < -0.39 is 11.8 Å². The fourth-order valence-corrected chi connectivity index (χ4v) is 0.933. The molecule has 1 heterocycles. The van der Waals surface area contributed by atoms with Crippen molar-refractivity contribution in [3.05, 3.63) is 34.5 Å². The van der Waals surface area contributed by atoms with E-state index in [4.69, 9.17) is 0 Å². The minimum absolute atomic E-state index is 0.0713. The van der Waals surface area contributed by atoms with Crippen LogP contribution in [0.15, 0.2) is 12.3 Å². The van der Waals surface area contributed by atoms with E-state index in [9.17, 15) is 14.4 Å². The number of carbonyl (C=O) groups is 1. The summed E-state index contributed by atoms with van der Waals surface area (Å²) in [6, 6.07) is 0.988. The van der Waals surface area contributed by atoms with Crippen molar-refractivity contribution in [3.63, 3.8) is 0 Å². The van der Waals surface area contributed by atoms with E-state index in [1.54, 1.807) is 6.92 Å². The summed E-state index contributed by atoms with van der Waals surface area (Å²) in [6.45, 7) is 3.15. The summed E-state index contributed by atoms with van der Waals surface area (Å²) in [7, 11) is 0. The molecule has 0 aromatic carbocycles. The van der Waals surface area contributed by atoms with Crippen LogP contribution in [0.2, 0.25) is 0 Å². The van der Waals surface area contributed by atoms with Crippen LogP contribution in [0.25, 0.3) is 0 Å². The SMILES string of the molecule is CCOC(=O)c1cc(F)c(C)[n+]([O-])c1. The van der Waals surface area contributed by atoms with Gasteiger partial charge in [0, 0.05) is 13.0 Å². The van der Waals surface area contributed by atoms with Crippen LogP contribution in [0.3, 0.4) is 0 Å². The number of pyridine rings is 1. The highest BCUT2D eigenvalue weighted by Gasteiger charge is 2.15. The molecule has 76 valence electrons. The lowest BCUT2D eigenvalue weighted by molar-refractivity contribution is -0.614. The van der Waals surface area contributed by atoms with Crippen LogP contribution in [0.5, 0.6) is 0 Å². The number of aromatic nitrogens is 1. The third-order valence-corrected chi connectivity index (χ3v) is 1.73. The van der Waals surface area contributed by atoms with E-state index in [2.05, 4.69) is 4.74 Å². The Kier molecular flexibility index (Phi) is 3.01. The van der Waals surface area contributed by atoms with E-state index >= 15 is 0 Å². The highest BCUT2D eigenvalue weighted by atomic mass is 19.1. The van der Waals surface area contributed by atoms with Gasteiger partial charge in [0.1, 0.15) is 5.56 Å². The minimum atomic E-state index is -0.717. The van der Waals surface area contributed by atoms with E-state index in [1.165, 1.54) is 6.92 Å². The first kappa shape index (κ1) is 10.4. The van der Waals surface area contributed by atoms with E-state index in [0.29, 0.717) is 4.73 Å². The van der Waals surface area contributed by atoms with Crippen molar-refractivity contribution in [2.45, 2.75) is 13.8 Å². The van der Waals surface area contributed by atoms with Gasteiger partial charge in [-0.2, -0.15) is 9.12 Å². The zero-order valence-corrected chi connectivity index (χ0v) is 7.91. The number of rotatable bonds is 2. The Morgan fingerprint density at radius 1 is 1.71 bits per heavy atom. The van der Waals surface area contributed by atoms with Gasteiger partial charge in [0.05, 0.1) is 6.61 Å². The molecule has 5 heteroatoms. The van der Waals surface area contributed by atoms with Crippen molar-refractivity contribution in [2.75, 3.05) is 6.61 Å². The van der Waals surface area contributed by atoms with Crippen molar-refractivity contribution in [1.29, 1.82) is 0 Å². The lowest BCUT2D eigenvalue weighted by Gasteiger charge is -2.04. The lowest BCUT2D eigenvalue weighted by Crippen LogP contribution is -2.32. The van der Waals surface area contributed by atoms with Crippen molar-refractivity contribution >= 4 is 5.97 Å². The molecule has 0 unspecified atom stereocenters. The lowest BCUT2D eigenvalue weighted by atomic mass is 10.2. The molecule has 0 bridgehead atoms. The van der Waals surface area contributed by atoms with Crippen molar-refractivity contribution in [1.82, 2.24) is 0 Å². The van der Waals surface area contributed by atoms with Crippen LogP contribution in [-0.4, -0.2) is 12.6 Å². The van der Waals surface area contributed by atoms with E-state index in [-0.39, 0.29) is 17.9 Å². The minimum Gasteiger partial charge on any atom is -0.618 e. The second-order valence-electron chi connectivity index (χ2n) is 2.71. The fraction of sp³-hybridized carbons (Fsp3) is 0.333. The Morgan fingerprint density at radius 2 is 2.36 bits per heavy atom. The molecular weight excluding hydrogens is 189 g/mol. The molecule has 1 rings (SSSR count). The predicted octanol–water partition coefficient (Wildman–Crippen LogP) is 0.944. The monoisotopic (exact) mass is 199 g/mol. The highest BCUT2D eigenvalue weighted by molar-refractivity contribution is 5.88. The zero-order chi connectivity index (χ0) is 10.7. The molecule has 1 aromatic rings. The van der Waals surface area contributed by atoms with Gasteiger partial charge in [0.2, 0.25) is 5.69 Å². The Bertz CT molecular complexity index is 342. The first-order valence-corrected chi connectivity index (χ1v) is 4.12. The van der Waals surface area contributed by atoms with Crippen LogP contribution < -0.4 is 4.73 Å². The van der Waals surface area contributed by atoms with Crippen LogP contribution in [0.1, 0.15) is 23.0 Å². The molecule has 0 N–H and O–H groups in total. The summed E-state index contributed by atoms with van der Waals surface area (Å²) >= 11 is 0. The summed E-state index contributed by atoms with van der Waals surface area (Å²) in [5, 5.41) is 11.0. The van der Waals surface area contributed by atoms with Crippen LogP contribution in [0, 0.1) is 17.9 Å². The number of esters is 1. The maximum Gasteiger partial charge on any atom is 0.344 e. The normalized spacial score (nSPS) is 9.93. The quantitative estimate of drug-likeness (QED) is 0.404. The average molecular weight is 199 g/mol. The molecule has 0 fully saturated rings. The highest BCUT2D eigenvalue weighted by Crippen LogP contribution is 2.05. The third kappa shape index (κ3) is 1.99. The third-order valence-electron chi connectivity index (χ3n) is 1.73. The van der Waals surface area contributed by atoms with Gasteiger partial charge in [-0.05, 0) is 6.92 Å². The molecule has 0 atom stereocenters. The molecular formula is C9H10FNO3. The Labute approximate surface area is 80.5 Å². The van der Waals surface area contributed by atoms with Crippen molar-refractivity contribution < 1.29 is 18.7 Å². The summed E-state index contributed by atoms with van der Waals surface area (Å²) in [4.78, 5) is 11.1. The number of ether oxygens (including phenoxy) is 1. The smallest absolute Gasteiger partial charge is 0.344 e. The van der Waals surface area contributed by atoms with E-state index in [1.807, 2.05) is 0 Å². The van der Waals surface area contributed by atoms with Gasteiger partial charge in [0.25, 0.3) is 0 Å². The Hall–Kier alpha value is -1.65. The van der Waals surface area contributed by atoms with Gasteiger partial charge >= 0.3 is 5.97 Å². The van der Waals surface area contributed by atoms with Gasteiger partial charge in [-0.1, -0.05) is 0 Å². The van der Waals surface area contributed by atoms with Gasteiger partial charge in [0.15, 0.2) is 12.0 Å². The molecule has 0 aliphatic carbocycles. The first-order valence-electron chi connectivity index (χ1n) is 4.12. The van der Waals surface area contributed by atoms with Gasteiger partial charge in [-0.15, -0.1) is 0 Å². The molecule has 1 aromatic heterocycles. The summed E-state index contributed by atoms with van der Waals surface area (Å²) < 4.78 is 17.9. The number of hydrogen-bond donors (Lipinski definition) is 0. The molecule has 0 radical (unpaired) electrons. The molecule has 0 spiro atoms. The predicted molar refractivity (Wildman–Crippen MR) is 46.1 cm³/mol. The standard InChI is InChI=1S/C9H10FNO3/c1-3-14-9(12)7-4-8(10)6(2)11(13)5-7/h4-5H,3H2,1-2H3. The van der Waals surface area contributed by atoms with E-state index in [0.717, 1.165) is 12.3 Å². The molecule has 14 heavy (non-hydrogen) atoms. The Morgan fingerprint density at radius 3 is 2.86 bits per heavy atom. The van der Waals surface area contributed by atoms with Gasteiger partial charge < -0.3 is 9.94 Å². The first-order chi connectivity index (χ1) is 6.56. The molecule has 0 saturated carbocycles. The second kappa shape index (κ2) is 4.04. The summed E-state index contributed by atoms with van der Waals surface area (Å²) in [6.07, 6.45) is 0.996. The molecule has 0 aliphatic rings. The van der Waals surface area contributed by atoms with Crippen LogP contribution >= 0.6 is 0 Å². The molecule has 0 saturated heterocycles. The topological polar surface area (TPSA) is 53.2 Å². The molecule has 0 aliphatic heterocycles. The molecule has 4 nitrogen and oxygen atoms in total. The second-order valence-corrected chi connectivity index (χ2v) is 2.71.